The Bertz CT molecular complexity index is 1500. The normalized spacial score (nSPS) is 52.4. The molecule has 13 heteroatoms. The number of carboxylic acid groups (broad SMARTS) is 2. The maximum absolute atomic E-state index is 12.9. The molecule has 7 N–H and O–H groups in total. The molecule has 0 aromatic rings. The fourth-order valence-corrected chi connectivity index (χ4v) is 13.3. The predicted octanol–water partition coefficient (Wildman–Crippen LogP) is 3.61. The standard InChI is InChI=1S/C41H64O13/c1-19-26(42)27(43)29(45)34(51-19)53-31-28(44)30(46)35(54-32(31)33(47)48)52-25-12-14-40(7)23(38(25,4)5)11-13-39(6)21-10-15-41(36(49)50)17-16-37(2,3)18-22(41)20(21)8-9-24(39)40/h8,19,21-32,34-35,42-46H,9-18H2,1-7H3,(H,47,48)(H,49,50)/t19-,21+,22-,23-,24-,25-,26-,27+,28+,29+,30+,31-,32-,34-,35+,39-,40-,41+/m0/s1. The second-order valence-corrected chi connectivity index (χ2v) is 20.1. The first kappa shape index (κ1) is 40.5. The van der Waals surface area contributed by atoms with E-state index in [4.69, 9.17) is 18.9 Å². The van der Waals surface area contributed by atoms with Gasteiger partial charge in [-0.2, -0.15) is 0 Å². The van der Waals surface area contributed by atoms with Gasteiger partial charge in [-0.05, 0) is 116 Å². The molecule has 6 fully saturated rings. The molecule has 306 valence electrons. The number of aliphatic hydroxyl groups is 5. The number of rotatable bonds is 6. The molecule has 0 unspecified atom stereocenters. The van der Waals surface area contributed by atoms with Gasteiger partial charge in [0.25, 0.3) is 0 Å². The summed E-state index contributed by atoms with van der Waals surface area (Å²) in [6.45, 7) is 15.2. The van der Waals surface area contributed by atoms with E-state index in [2.05, 4.69) is 47.6 Å². The topological polar surface area (TPSA) is 213 Å². The van der Waals surface area contributed by atoms with Crippen LogP contribution in [0, 0.1) is 50.7 Å². The zero-order valence-electron chi connectivity index (χ0n) is 32.9. The SMILES string of the molecule is C[C@@H]1O[C@@H](O[C@H]2[C@H](O)[C@@H](O)[C@H](O[C@H]3CC[C@]4(C)[C@H]5CC=C6[C@@H](CC[C@@]7(C(=O)O)CCC(C)(C)C[C@@H]67)[C@]5(C)CC[C@H]4C3(C)C)O[C@@H]2C(=O)O)[C@H](O)[C@H](O)[C@H]1O. The third-order valence-corrected chi connectivity index (χ3v) is 16.4. The molecule has 2 saturated heterocycles. The van der Waals surface area contributed by atoms with Crippen LogP contribution in [0.3, 0.4) is 0 Å². The Morgan fingerprint density at radius 1 is 0.704 bits per heavy atom. The number of allylic oxidation sites excluding steroid dienone is 2. The van der Waals surface area contributed by atoms with Crippen LogP contribution < -0.4 is 0 Å². The van der Waals surface area contributed by atoms with Crippen molar-refractivity contribution in [3.8, 4) is 0 Å². The molecule has 4 saturated carbocycles. The van der Waals surface area contributed by atoms with Crippen LogP contribution in [0.2, 0.25) is 0 Å². The molecule has 0 radical (unpaired) electrons. The summed E-state index contributed by atoms with van der Waals surface area (Å²) in [6, 6.07) is 0. The minimum Gasteiger partial charge on any atom is -0.481 e. The first-order chi connectivity index (χ1) is 25.1. The van der Waals surface area contributed by atoms with E-state index < -0.39 is 90.3 Å². The molecule has 18 atom stereocenters. The Hall–Kier alpha value is -1.68. The molecular weight excluding hydrogens is 700 g/mol. The van der Waals surface area contributed by atoms with Crippen LogP contribution in [0.25, 0.3) is 0 Å². The number of hydrogen-bond donors (Lipinski definition) is 7. The number of fused-ring (bicyclic) bond motifs is 7. The summed E-state index contributed by atoms with van der Waals surface area (Å²) in [5.74, 6) is -1.07. The third kappa shape index (κ3) is 6.13. The first-order valence-electron chi connectivity index (χ1n) is 20.3. The van der Waals surface area contributed by atoms with Gasteiger partial charge < -0.3 is 54.7 Å². The highest BCUT2D eigenvalue weighted by molar-refractivity contribution is 5.76. The van der Waals surface area contributed by atoms with Crippen LogP contribution in [0.5, 0.6) is 0 Å². The molecule has 7 rings (SSSR count). The second kappa shape index (κ2) is 13.7. The van der Waals surface area contributed by atoms with Crippen molar-refractivity contribution in [2.45, 2.75) is 180 Å². The van der Waals surface area contributed by atoms with Gasteiger partial charge in [-0.15, -0.1) is 0 Å². The number of carbonyl (C=O) groups is 2. The van der Waals surface area contributed by atoms with Gasteiger partial charge >= 0.3 is 11.9 Å². The first-order valence-corrected chi connectivity index (χ1v) is 20.3. The van der Waals surface area contributed by atoms with E-state index in [-0.39, 0.29) is 28.1 Å². The summed E-state index contributed by atoms with van der Waals surface area (Å²) in [7, 11) is 0. The third-order valence-electron chi connectivity index (χ3n) is 16.4. The smallest absolute Gasteiger partial charge is 0.335 e. The van der Waals surface area contributed by atoms with Gasteiger partial charge in [0.1, 0.15) is 36.6 Å². The Kier molecular flexibility index (Phi) is 10.3. The van der Waals surface area contributed by atoms with Crippen LogP contribution in [0.1, 0.15) is 113 Å². The van der Waals surface area contributed by atoms with Crippen LogP contribution in [0.4, 0.5) is 0 Å². The van der Waals surface area contributed by atoms with Crippen molar-refractivity contribution in [2.24, 2.45) is 50.7 Å². The highest BCUT2D eigenvalue weighted by Gasteiger charge is 2.66. The molecular formula is C41H64O13. The van der Waals surface area contributed by atoms with Crippen molar-refractivity contribution in [3.05, 3.63) is 11.6 Å². The van der Waals surface area contributed by atoms with E-state index in [9.17, 15) is 45.3 Å². The fourth-order valence-electron chi connectivity index (χ4n) is 13.3. The molecule has 7 aliphatic rings. The minimum absolute atomic E-state index is 0.0312. The molecule has 0 bridgehead atoms. The van der Waals surface area contributed by atoms with Gasteiger partial charge in [-0.1, -0.05) is 53.2 Å². The van der Waals surface area contributed by atoms with Crippen molar-refractivity contribution in [1.29, 1.82) is 0 Å². The fraction of sp³-hybridized carbons (Fsp3) is 0.902. The Balaban J connectivity index is 1.08. The number of carboxylic acids is 2. The van der Waals surface area contributed by atoms with E-state index in [0.717, 1.165) is 57.8 Å². The zero-order valence-corrected chi connectivity index (χ0v) is 32.9. The second-order valence-electron chi connectivity index (χ2n) is 20.1. The predicted molar refractivity (Wildman–Crippen MR) is 192 cm³/mol. The van der Waals surface area contributed by atoms with E-state index in [1.54, 1.807) is 0 Å². The van der Waals surface area contributed by atoms with E-state index in [1.807, 2.05) is 0 Å². The van der Waals surface area contributed by atoms with Crippen molar-refractivity contribution >= 4 is 11.9 Å². The maximum Gasteiger partial charge on any atom is 0.335 e. The summed E-state index contributed by atoms with van der Waals surface area (Å²) in [5.41, 5.74) is 0.418. The van der Waals surface area contributed by atoms with Gasteiger partial charge in [-0.25, -0.2) is 4.79 Å². The Morgan fingerprint density at radius 3 is 2.02 bits per heavy atom. The molecule has 2 heterocycles. The lowest BCUT2D eigenvalue weighted by atomic mass is 9.37. The van der Waals surface area contributed by atoms with E-state index in [1.165, 1.54) is 12.5 Å². The molecule has 0 aromatic heterocycles. The summed E-state index contributed by atoms with van der Waals surface area (Å²) >= 11 is 0. The Labute approximate surface area is 318 Å². The number of aliphatic carboxylic acids is 2. The van der Waals surface area contributed by atoms with Gasteiger partial charge in [-0.3, -0.25) is 4.79 Å². The highest BCUT2D eigenvalue weighted by atomic mass is 16.7. The van der Waals surface area contributed by atoms with Gasteiger partial charge in [0.05, 0.1) is 17.6 Å². The molecule has 0 amide bonds. The summed E-state index contributed by atoms with van der Waals surface area (Å²) < 4.78 is 23.5. The zero-order chi connectivity index (χ0) is 39.5. The largest absolute Gasteiger partial charge is 0.481 e. The van der Waals surface area contributed by atoms with Crippen LogP contribution in [0.15, 0.2) is 11.6 Å². The minimum atomic E-state index is -1.80. The van der Waals surface area contributed by atoms with Crippen molar-refractivity contribution in [3.63, 3.8) is 0 Å². The van der Waals surface area contributed by atoms with Crippen molar-refractivity contribution in [1.82, 2.24) is 0 Å². The molecule has 54 heavy (non-hydrogen) atoms. The van der Waals surface area contributed by atoms with Gasteiger partial charge in [0.15, 0.2) is 18.7 Å². The molecule has 0 spiro atoms. The summed E-state index contributed by atoms with van der Waals surface area (Å²) in [6.07, 6.45) is -5.25. The summed E-state index contributed by atoms with van der Waals surface area (Å²) in [5, 5.41) is 74.0. The highest BCUT2D eigenvalue weighted by Crippen LogP contribution is 2.72. The number of hydrogen-bond acceptors (Lipinski definition) is 11. The van der Waals surface area contributed by atoms with Gasteiger partial charge in [0, 0.05) is 0 Å². The Morgan fingerprint density at radius 2 is 1.35 bits per heavy atom. The van der Waals surface area contributed by atoms with Crippen LogP contribution in [-0.4, -0.2) is 115 Å². The van der Waals surface area contributed by atoms with Crippen LogP contribution in [-0.2, 0) is 28.5 Å². The lowest BCUT2D eigenvalue weighted by molar-refractivity contribution is -0.360. The molecule has 5 aliphatic carbocycles. The van der Waals surface area contributed by atoms with Crippen molar-refractivity contribution in [2.75, 3.05) is 0 Å². The summed E-state index contributed by atoms with van der Waals surface area (Å²) in [4.78, 5) is 25.4. The molecule has 13 nitrogen and oxygen atoms in total. The number of ether oxygens (including phenoxy) is 4. The monoisotopic (exact) mass is 764 g/mol. The molecule has 2 aliphatic heterocycles. The van der Waals surface area contributed by atoms with Gasteiger partial charge in [0.2, 0.25) is 0 Å². The number of aliphatic hydroxyl groups excluding tert-OH is 5. The quantitative estimate of drug-likeness (QED) is 0.152. The lowest BCUT2D eigenvalue weighted by Crippen LogP contribution is -2.66. The average Bonchev–Trinajstić information content (AvgIpc) is 3.09. The van der Waals surface area contributed by atoms with Crippen molar-refractivity contribution < 1.29 is 64.3 Å². The average molecular weight is 765 g/mol. The van der Waals surface area contributed by atoms with Crippen LogP contribution >= 0.6 is 0 Å². The van der Waals surface area contributed by atoms with E-state index >= 15 is 0 Å². The van der Waals surface area contributed by atoms with E-state index in [0.29, 0.717) is 18.3 Å². The lowest BCUT2D eigenvalue weighted by Gasteiger charge is -2.68. The molecule has 0 aromatic carbocycles. The maximum atomic E-state index is 12.9.